The molecule has 2 aromatic heterocycles. The van der Waals surface area contributed by atoms with Gasteiger partial charge in [-0.3, -0.25) is 0 Å². The molecule has 4 rings (SSSR count). The van der Waals surface area contributed by atoms with Crippen molar-refractivity contribution in [1.82, 2.24) is 30.2 Å². The van der Waals surface area contributed by atoms with Crippen molar-refractivity contribution < 1.29 is 4.79 Å². The third-order valence-electron chi connectivity index (χ3n) is 4.47. The molecule has 0 spiro atoms. The number of rotatable bonds is 3. The second-order valence-electron chi connectivity index (χ2n) is 6.02. The molecule has 1 aliphatic carbocycles. The summed E-state index contributed by atoms with van der Waals surface area (Å²) < 4.78 is 1.59. The zero-order chi connectivity index (χ0) is 16.5. The first-order valence-corrected chi connectivity index (χ1v) is 7.99. The van der Waals surface area contributed by atoms with Crippen molar-refractivity contribution in [2.45, 2.75) is 31.8 Å². The molecule has 2 atom stereocenters. The van der Waals surface area contributed by atoms with Crippen LogP contribution in [0, 0.1) is 0 Å². The number of urea groups is 1. The summed E-state index contributed by atoms with van der Waals surface area (Å²) in [5, 5.41) is 10.1. The Balaban J connectivity index is 1.36. The molecule has 0 radical (unpaired) electrons. The fourth-order valence-corrected chi connectivity index (χ4v) is 3.20. The predicted molar refractivity (Wildman–Crippen MR) is 88.5 cm³/mol. The first-order valence-electron chi connectivity index (χ1n) is 7.99. The summed E-state index contributed by atoms with van der Waals surface area (Å²) in [6.45, 7) is 2.41. The molecule has 122 valence electrons. The first-order chi connectivity index (χ1) is 11.7. The van der Waals surface area contributed by atoms with Crippen LogP contribution in [0.2, 0.25) is 0 Å². The molecule has 7 heteroatoms. The van der Waals surface area contributed by atoms with Crippen LogP contribution in [0.3, 0.4) is 0 Å². The topological polar surface area (TPSA) is 84.2 Å². The second kappa shape index (κ2) is 5.92. The van der Waals surface area contributed by atoms with Crippen LogP contribution >= 0.6 is 0 Å². The molecule has 1 aromatic carbocycles. The molecule has 0 bridgehead atoms. The number of hydrogen-bond donors (Lipinski definition) is 2. The molecule has 2 amide bonds. The number of carbonyl (C=O) groups is 1. The average molecular weight is 322 g/mol. The Morgan fingerprint density at radius 1 is 1.33 bits per heavy atom. The largest absolute Gasteiger partial charge is 0.334 e. The van der Waals surface area contributed by atoms with Crippen molar-refractivity contribution in [1.29, 1.82) is 0 Å². The Morgan fingerprint density at radius 3 is 3.04 bits per heavy atom. The van der Waals surface area contributed by atoms with Crippen LogP contribution in [0.5, 0.6) is 0 Å². The van der Waals surface area contributed by atoms with Crippen LogP contribution in [0.25, 0.3) is 5.78 Å². The number of aromatic nitrogens is 4. The van der Waals surface area contributed by atoms with Gasteiger partial charge in [0.15, 0.2) is 5.82 Å². The van der Waals surface area contributed by atoms with Gasteiger partial charge in [0, 0.05) is 24.4 Å². The summed E-state index contributed by atoms with van der Waals surface area (Å²) in [4.78, 5) is 20.6. The minimum Gasteiger partial charge on any atom is -0.334 e. The molecule has 24 heavy (non-hydrogen) atoms. The summed E-state index contributed by atoms with van der Waals surface area (Å²) in [5.74, 6) is 1.37. The van der Waals surface area contributed by atoms with E-state index in [0.717, 1.165) is 6.42 Å². The summed E-state index contributed by atoms with van der Waals surface area (Å²) in [6, 6.07) is 10.0. The Bertz CT molecular complexity index is 856. The molecule has 2 heterocycles. The van der Waals surface area contributed by atoms with Gasteiger partial charge in [-0.1, -0.05) is 31.2 Å². The minimum absolute atomic E-state index is 0.109. The molecule has 0 saturated carbocycles. The highest BCUT2D eigenvalue weighted by atomic mass is 16.2. The van der Waals surface area contributed by atoms with Crippen LogP contribution in [0.4, 0.5) is 4.79 Å². The molecule has 7 nitrogen and oxygen atoms in total. The number of benzene rings is 1. The van der Waals surface area contributed by atoms with Gasteiger partial charge < -0.3 is 10.6 Å². The highest BCUT2D eigenvalue weighted by Crippen LogP contribution is 2.32. The lowest BCUT2D eigenvalue weighted by molar-refractivity contribution is 0.235. The van der Waals surface area contributed by atoms with Crippen molar-refractivity contribution in [3.8, 4) is 0 Å². The van der Waals surface area contributed by atoms with Crippen LogP contribution in [-0.4, -0.2) is 31.7 Å². The van der Waals surface area contributed by atoms with E-state index < -0.39 is 0 Å². The molecule has 0 unspecified atom stereocenters. The van der Waals surface area contributed by atoms with E-state index in [4.69, 9.17) is 0 Å². The lowest BCUT2D eigenvalue weighted by Crippen LogP contribution is -2.43. The number of hydrogen-bond acceptors (Lipinski definition) is 4. The van der Waals surface area contributed by atoms with Gasteiger partial charge in [0.05, 0.1) is 6.54 Å². The summed E-state index contributed by atoms with van der Waals surface area (Å²) >= 11 is 0. The molecule has 0 fully saturated rings. The molecule has 0 saturated heterocycles. The maximum atomic E-state index is 12.2. The van der Waals surface area contributed by atoms with Crippen molar-refractivity contribution in [2.24, 2.45) is 0 Å². The number of fused-ring (bicyclic) bond motifs is 2. The number of amides is 2. The highest BCUT2D eigenvalue weighted by Gasteiger charge is 2.29. The SMILES string of the molecule is C[C@H]1c2ccccc2C[C@H]1NC(=O)NCc1nc2ncccn2n1. The quantitative estimate of drug-likeness (QED) is 0.768. The summed E-state index contributed by atoms with van der Waals surface area (Å²) in [6.07, 6.45) is 4.30. The van der Waals surface area contributed by atoms with Gasteiger partial charge in [-0.05, 0) is 23.6 Å². The maximum absolute atomic E-state index is 12.2. The molecule has 1 aliphatic rings. The van der Waals surface area contributed by atoms with Gasteiger partial charge in [-0.15, -0.1) is 5.10 Å². The lowest BCUT2D eigenvalue weighted by atomic mass is 10.0. The predicted octanol–water partition coefficient (Wildman–Crippen LogP) is 1.65. The van der Waals surface area contributed by atoms with Crippen molar-refractivity contribution in [2.75, 3.05) is 0 Å². The normalized spacial score (nSPS) is 19.2. The lowest BCUT2D eigenvalue weighted by Gasteiger charge is -2.18. The molecular weight excluding hydrogens is 304 g/mol. The fraction of sp³-hybridized carbons (Fsp3) is 0.294. The Kier molecular flexibility index (Phi) is 3.60. The van der Waals surface area contributed by atoms with Gasteiger partial charge in [0.1, 0.15) is 0 Å². The van der Waals surface area contributed by atoms with Gasteiger partial charge in [0.2, 0.25) is 0 Å². The minimum atomic E-state index is -0.202. The zero-order valence-electron chi connectivity index (χ0n) is 13.3. The Morgan fingerprint density at radius 2 is 2.21 bits per heavy atom. The third-order valence-corrected chi connectivity index (χ3v) is 4.47. The van der Waals surface area contributed by atoms with E-state index in [1.807, 2.05) is 12.1 Å². The third kappa shape index (κ3) is 2.68. The van der Waals surface area contributed by atoms with Crippen LogP contribution < -0.4 is 10.6 Å². The highest BCUT2D eigenvalue weighted by molar-refractivity contribution is 5.74. The first kappa shape index (κ1) is 14.6. The van der Waals surface area contributed by atoms with Gasteiger partial charge in [0.25, 0.3) is 5.78 Å². The average Bonchev–Trinajstić information content (AvgIpc) is 3.15. The van der Waals surface area contributed by atoms with Gasteiger partial charge >= 0.3 is 6.03 Å². The summed E-state index contributed by atoms with van der Waals surface area (Å²) in [5.41, 5.74) is 2.62. The molecule has 3 aromatic rings. The zero-order valence-corrected chi connectivity index (χ0v) is 13.3. The van der Waals surface area contributed by atoms with Crippen LogP contribution in [-0.2, 0) is 13.0 Å². The van der Waals surface area contributed by atoms with E-state index >= 15 is 0 Å². The molecule has 0 aliphatic heterocycles. The number of nitrogens with zero attached hydrogens (tertiary/aromatic N) is 4. The van der Waals surface area contributed by atoms with E-state index in [2.05, 4.69) is 44.8 Å². The maximum Gasteiger partial charge on any atom is 0.315 e. The van der Waals surface area contributed by atoms with Crippen molar-refractivity contribution >= 4 is 11.8 Å². The smallest absolute Gasteiger partial charge is 0.315 e. The van der Waals surface area contributed by atoms with E-state index in [9.17, 15) is 4.79 Å². The van der Waals surface area contributed by atoms with Crippen molar-refractivity contribution in [3.63, 3.8) is 0 Å². The van der Waals surface area contributed by atoms with Crippen molar-refractivity contribution in [3.05, 3.63) is 59.7 Å². The van der Waals surface area contributed by atoms with E-state index in [0.29, 0.717) is 17.5 Å². The van der Waals surface area contributed by atoms with Crippen LogP contribution in [0.1, 0.15) is 29.8 Å². The van der Waals surface area contributed by atoms with E-state index in [-0.39, 0.29) is 18.6 Å². The van der Waals surface area contributed by atoms with Gasteiger partial charge in [-0.2, -0.15) is 4.98 Å². The second-order valence-corrected chi connectivity index (χ2v) is 6.02. The van der Waals surface area contributed by atoms with E-state index in [1.165, 1.54) is 11.1 Å². The summed E-state index contributed by atoms with van der Waals surface area (Å²) in [7, 11) is 0. The molecular formula is C17H18N6O. The van der Waals surface area contributed by atoms with Crippen LogP contribution in [0.15, 0.2) is 42.7 Å². The standard InChI is InChI=1S/C17H18N6O/c1-11-13-6-3-2-5-12(13)9-14(11)20-17(24)19-10-15-21-16-18-7-4-8-23(16)22-15/h2-8,11,14H,9-10H2,1H3,(H2,19,20,24)/t11-,14+/m0/s1. The fourth-order valence-electron chi connectivity index (χ4n) is 3.20. The monoisotopic (exact) mass is 322 g/mol. The Labute approximate surface area is 139 Å². The Hall–Kier alpha value is -2.96. The van der Waals surface area contributed by atoms with Gasteiger partial charge in [-0.25, -0.2) is 14.3 Å². The van der Waals surface area contributed by atoms with E-state index in [1.54, 1.807) is 23.0 Å². The number of carbonyl (C=O) groups excluding carboxylic acids is 1. The molecule has 2 N–H and O–H groups in total. The number of nitrogens with one attached hydrogen (secondary N) is 2.